The number of nitrogens with one attached hydrogen (secondary N) is 1. The van der Waals surface area contributed by atoms with E-state index in [1.807, 2.05) is 66.7 Å². The summed E-state index contributed by atoms with van der Waals surface area (Å²) < 4.78 is 11.0. The third kappa shape index (κ3) is 5.07. The molecule has 0 unspecified atom stereocenters. The van der Waals surface area contributed by atoms with Gasteiger partial charge in [-0.2, -0.15) is 0 Å². The van der Waals surface area contributed by atoms with E-state index in [9.17, 15) is 4.79 Å². The zero-order valence-corrected chi connectivity index (χ0v) is 17.1. The van der Waals surface area contributed by atoms with Gasteiger partial charge in [-0.3, -0.25) is 9.78 Å². The summed E-state index contributed by atoms with van der Waals surface area (Å²) in [4.78, 5) is 21.4. The second-order valence-electron chi connectivity index (χ2n) is 6.40. The van der Waals surface area contributed by atoms with Gasteiger partial charge in [0.2, 0.25) is 0 Å². The van der Waals surface area contributed by atoms with Gasteiger partial charge in [0.1, 0.15) is 23.9 Å². The Morgan fingerprint density at radius 2 is 1.97 bits per heavy atom. The Hall–Kier alpha value is -3.58. The van der Waals surface area contributed by atoms with Crippen molar-refractivity contribution < 1.29 is 14.3 Å². The first kappa shape index (κ1) is 19.7. The minimum absolute atomic E-state index is 0.155. The lowest BCUT2D eigenvalue weighted by molar-refractivity contribution is 0.265. The van der Waals surface area contributed by atoms with E-state index in [1.165, 1.54) is 0 Å². The Morgan fingerprint density at radius 3 is 2.73 bits per heavy atom. The molecule has 1 aliphatic rings. The number of amides is 1. The quantitative estimate of drug-likeness (QED) is 0.597. The van der Waals surface area contributed by atoms with Crippen molar-refractivity contribution in [3.8, 4) is 11.5 Å². The normalized spacial score (nSPS) is 16.0. The number of carbonyl (C=O) groups is 1. The van der Waals surface area contributed by atoms with Gasteiger partial charge < -0.3 is 14.8 Å². The summed E-state index contributed by atoms with van der Waals surface area (Å²) in [6.45, 7) is 0.437. The van der Waals surface area contributed by atoms with Crippen LogP contribution in [-0.4, -0.2) is 23.2 Å². The number of hydrogen-bond acceptors (Lipinski definition) is 6. The summed E-state index contributed by atoms with van der Waals surface area (Å²) in [6.07, 6.45) is 5.43. The molecule has 1 amide bonds. The fourth-order valence-corrected chi connectivity index (χ4v) is 3.53. The van der Waals surface area contributed by atoms with E-state index in [1.54, 1.807) is 19.5 Å². The second kappa shape index (κ2) is 9.28. The number of carbonyl (C=O) groups excluding carboxylic acids is 1. The summed E-state index contributed by atoms with van der Waals surface area (Å²) in [5.41, 5.74) is 2.64. The van der Waals surface area contributed by atoms with Crippen molar-refractivity contribution in [1.29, 1.82) is 0 Å². The fraction of sp³-hybridized carbons (Fsp3) is 0.0870. The van der Waals surface area contributed by atoms with Crippen molar-refractivity contribution >= 4 is 34.6 Å². The van der Waals surface area contributed by atoms with E-state index in [2.05, 4.69) is 15.3 Å². The van der Waals surface area contributed by atoms with Crippen LogP contribution in [0.15, 0.2) is 83.0 Å². The third-order valence-corrected chi connectivity index (χ3v) is 5.07. The van der Waals surface area contributed by atoms with E-state index >= 15 is 0 Å². The average Bonchev–Trinajstić information content (AvgIpc) is 3.12. The second-order valence-corrected chi connectivity index (χ2v) is 7.42. The minimum Gasteiger partial charge on any atom is -0.497 e. The van der Waals surface area contributed by atoms with Crippen LogP contribution in [0.3, 0.4) is 0 Å². The molecule has 1 aromatic heterocycles. The Kier molecular flexibility index (Phi) is 6.10. The Labute approximate surface area is 178 Å². The molecule has 150 valence electrons. The average molecular weight is 417 g/mol. The summed E-state index contributed by atoms with van der Waals surface area (Å²) in [6, 6.07) is 18.9. The van der Waals surface area contributed by atoms with Crippen molar-refractivity contribution in [2.75, 3.05) is 7.11 Å². The number of amidine groups is 1. The molecular formula is C23H19N3O3S. The molecule has 1 saturated heterocycles. The molecule has 0 spiro atoms. The summed E-state index contributed by atoms with van der Waals surface area (Å²) in [5.74, 6) is 2.02. The maximum absolute atomic E-state index is 12.0. The van der Waals surface area contributed by atoms with Crippen LogP contribution in [0.1, 0.15) is 11.1 Å². The van der Waals surface area contributed by atoms with Gasteiger partial charge in [0.25, 0.3) is 5.24 Å². The monoisotopic (exact) mass is 417 g/mol. The molecule has 0 radical (unpaired) electrons. The molecule has 3 aromatic rings. The van der Waals surface area contributed by atoms with Gasteiger partial charge in [-0.1, -0.05) is 18.2 Å². The first-order chi connectivity index (χ1) is 14.7. The lowest BCUT2D eigenvalue weighted by atomic mass is 10.2. The predicted octanol–water partition coefficient (Wildman–Crippen LogP) is 5.20. The lowest BCUT2D eigenvalue weighted by Crippen LogP contribution is -2.18. The van der Waals surface area contributed by atoms with Crippen LogP contribution in [0.25, 0.3) is 6.08 Å². The highest BCUT2D eigenvalue weighted by molar-refractivity contribution is 8.18. The number of thioether (sulfide) groups is 1. The highest BCUT2D eigenvalue weighted by atomic mass is 32.2. The number of rotatable bonds is 6. The maximum atomic E-state index is 12.0. The van der Waals surface area contributed by atoms with E-state index in [-0.39, 0.29) is 5.24 Å². The maximum Gasteiger partial charge on any atom is 0.289 e. The lowest BCUT2D eigenvalue weighted by Gasteiger charge is -2.07. The number of methoxy groups -OCH3 is 1. The van der Waals surface area contributed by atoms with Gasteiger partial charge in [-0.25, -0.2) is 4.99 Å². The van der Waals surface area contributed by atoms with Crippen LogP contribution in [0.4, 0.5) is 10.5 Å². The number of ether oxygens (including phenoxy) is 2. The van der Waals surface area contributed by atoms with Crippen molar-refractivity contribution in [2.24, 2.45) is 4.99 Å². The molecule has 30 heavy (non-hydrogen) atoms. The van der Waals surface area contributed by atoms with Crippen molar-refractivity contribution in [2.45, 2.75) is 6.61 Å². The number of nitrogens with zero attached hydrogens (tertiary/aromatic N) is 2. The van der Waals surface area contributed by atoms with Crippen LogP contribution in [-0.2, 0) is 6.61 Å². The van der Waals surface area contributed by atoms with Crippen molar-refractivity contribution in [1.82, 2.24) is 10.3 Å². The number of benzene rings is 2. The highest BCUT2D eigenvalue weighted by Crippen LogP contribution is 2.29. The molecule has 1 aliphatic heterocycles. The SMILES string of the molecule is COc1ccc(N=C2NC(=O)SC2=Cc2cccc(OCc3cccnc3)c2)cc1. The van der Waals surface area contributed by atoms with E-state index < -0.39 is 0 Å². The summed E-state index contributed by atoms with van der Waals surface area (Å²) >= 11 is 1.12. The molecular weight excluding hydrogens is 398 g/mol. The molecule has 1 fully saturated rings. The molecule has 7 heteroatoms. The first-order valence-electron chi connectivity index (χ1n) is 9.25. The molecule has 0 bridgehead atoms. The zero-order valence-electron chi connectivity index (χ0n) is 16.2. The van der Waals surface area contributed by atoms with Crippen LogP contribution in [0.5, 0.6) is 11.5 Å². The molecule has 0 atom stereocenters. The molecule has 6 nitrogen and oxygen atoms in total. The highest BCUT2D eigenvalue weighted by Gasteiger charge is 2.23. The van der Waals surface area contributed by atoms with Gasteiger partial charge >= 0.3 is 0 Å². The largest absolute Gasteiger partial charge is 0.497 e. The molecule has 2 heterocycles. The number of aromatic nitrogens is 1. The van der Waals surface area contributed by atoms with E-state index in [0.29, 0.717) is 12.4 Å². The van der Waals surface area contributed by atoms with Gasteiger partial charge in [0.15, 0.2) is 0 Å². The van der Waals surface area contributed by atoms with Crippen LogP contribution < -0.4 is 14.8 Å². The topological polar surface area (TPSA) is 72.8 Å². The molecule has 2 aromatic carbocycles. The number of aliphatic imine (C=N–C) groups is 1. The standard InChI is InChI=1S/C23H19N3O3S/c1-28-19-9-7-18(8-10-19)25-22-21(30-23(27)26-22)13-16-4-2-6-20(12-16)29-15-17-5-3-11-24-14-17/h2-14H,15H2,1H3,(H,25,26,27). The van der Waals surface area contributed by atoms with Gasteiger partial charge in [0.05, 0.1) is 17.7 Å². The van der Waals surface area contributed by atoms with Gasteiger partial charge in [-0.15, -0.1) is 0 Å². The molecule has 0 aliphatic carbocycles. The predicted molar refractivity (Wildman–Crippen MR) is 119 cm³/mol. The zero-order chi connectivity index (χ0) is 20.8. The summed E-state index contributed by atoms with van der Waals surface area (Å²) in [7, 11) is 1.62. The fourth-order valence-electron chi connectivity index (χ4n) is 2.79. The molecule has 4 rings (SSSR count). The van der Waals surface area contributed by atoms with Crippen LogP contribution in [0, 0.1) is 0 Å². The minimum atomic E-state index is -0.155. The Balaban J connectivity index is 1.53. The van der Waals surface area contributed by atoms with Crippen LogP contribution in [0.2, 0.25) is 0 Å². The first-order valence-corrected chi connectivity index (χ1v) is 10.1. The smallest absolute Gasteiger partial charge is 0.289 e. The van der Waals surface area contributed by atoms with Crippen molar-refractivity contribution in [3.63, 3.8) is 0 Å². The van der Waals surface area contributed by atoms with E-state index in [4.69, 9.17) is 9.47 Å². The van der Waals surface area contributed by atoms with Gasteiger partial charge in [0, 0.05) is 18.0 Å². The van der Waals surface area contributed by atoms with Crippen LogP contribution >= 0.6 is 11.8 Å². The Morgan fingerprint density at radius 1 is 1.10 bits per heavy atom. The Bertz CT molecular complexity index is 1100. The van der Waals surface area contributed by atoms with Crippen molar-refractivity contribution in [3.05, 3.63) is 89.1 Å². The van der Waals surface area contributed by atoms with Gasteiger partial charge in [-0.05, 0) is 65.9 Å². The summed E-state index contributed by atoms with van der Waals surface area (Å²) in [5, 5.41) is 2.64. The molecule has 1 N–H and O–H groups in total. The number of hydrogen-bond donors (Lipinski definition) is 1. The number of pyridine rings is 1. The molecule has 0 saturated carbocycles. The van der Waals surface area contributed by atoms with E-state index in [0.717, 1.165) is 45.0 Å². The third-order valence-electron chi connectivity index (χ3n) is 4.25.